The van der Waals surface area contributed by atoms with Gasteiger partial charge in [-0.2, -0.15) is 0 Å². The lowest BCUT2D eigenvalue weighted by molar-refractivity contribution is 0.317. The molecule has 0 spiro atoms. The van der Waals surface area contributed by atoms with E-state index in [1.165, 1.54) is 12.1 Å². The molecule has 2 aromatic rings. The van der Waals surface area contributed by atoms with Gasteiger partial charge in [-0.05, 0) is 48.4 Å². The second-order valence-electron chi connectivity index (χ2n) is 4.35. The van der Waals surface area contributed by atoms with E-state index in [1.54, 1.807) is 18.2 Å². The van der Waals surface area contributed by atoms with E-state index in [2.05, 4.69) is 6.92 Å². The normalized spacial score (nSPS) is 10.3. The van der Waals surface area contributed by atoms with Crippen molar-refractivity contribution >= 4 is 11.6 Å². The first-order valence-corrected chi connectivity index (χ1v) is 7.01. The number of halogens is 2. The van der Waals surface area contributed by atoms with Crippen LogP contribution in [0.2, 0.25) is 0 Å². The van der Waals surface area contributed by atoms with Crippen LogP contribution < -0.4 is 9.47 Å². The van der Waals surface area contributed by atoms with E-state index in [0.717, 1.165) is 12.2 Å². The third kappa shape index (κ3) is 4.14. The zero-order chi connectivity index (χ0) is 14.4. The number of benzene rings is 2. The molecular weight excluding hydrogens is 279 g/mol. The molecule has 0 aliphatic rings. The summed E-state index contributed by atoms with van der Waals surface area (Å²) in [7, 11) is 0. The fourth-order valence-electron chi connectivity index (χ4n) is 1.72. The summed E-state index contributed by atoms with van der Waals surface area (Å²) in [5, 5.41) is 0. The van der Waals surface area contributed by atoms with E-state index >= 15 is 0 Å². The third-order valence-electron chi connectivity index (χ3n) is 2.62. The van der Waals surface area contributed by atoms with Crippen LogP contribution in [0.3, 0.4) is 0 Å². The molecule has 2 nitrogen and oxygen atoms in total. The molecule has 0 heterocycles. The predicted octanol–water partition coefficient (Wildman–Crippen LogP) is 5.15. The molecule has 0 amide bonds. The Morgan fingerprint density at radius 1 is 1.00 bits per heavy atom. The minimum absolute atomic E-state index is 0.248. The van der Waals surface area contributed by atoms with Gasteiger partial charge in [-0.1, -0.05) is 6.92 Å². The van der Waals surface area contributed by atoms with Crippen molar-refractivity contribution < 1.29 is 13.9 Å². The van der Waals surface area contributed by atoms with E-state index in [4.69, 9.17) is 21.1 Å². The maximum Gasteiger partial charge on any atom is 0.130 e. The standard InChI is InChI=1S/C16H16ClFO2/c1-2-7-19-14-3-5-15(6-4-14)20-16-9-12(11-17)8-13(18)10-16/h3-6,8-10H,2,7,11H2,1H3. The van der Waals surface area contributed by atoms with Gasteiger partial charge in [-0.3, -0.25) is 0 Å². The van der Waals surface area contributed by atoms with Crippen molar-refractivity contribution in [2.75, 3.05) is 6.61 Å². The Morgan fingerprint density at radius 3 is 2.35 bits per heavy atom. The smallest absolute Gasteiger partial charge is 0.130 e. The third-order valence-corrected chi connectivity index (χ3v) is 2.93. The summed E-state index contributed by atoms with van der Waals surface area (Å²) in [6, 6.07) is 11.7. The minimum atomic E-state index is -0.360. The van der Waals surface area contributed by atoms with Crippen LogP contribution in [0.4, 0.5) is 4.39 Å². The van der Waals surface area contributed by atoms with Gasteiger partial charge < -0.3 is 9.47 Å². The fourth-order valence-corrected chi connectivity index (χ4v) is 1.87. The second-order valence-corrected chi connectivity index (χ2v) is 4.62. The number of rotatable bonds is 6. The average Bonchev–Trinajstić information content (AvgIpc) is 2.46. The van der Waals surface area contributed by atoms with E-state index in [-0.39, 0.29) is 11.7 Å². The highest BCUT2D eigenvalue weighted by Gasteiger charge is 2.03. The highest BCUT2D eigenvalue weighted by molar-refractivity contribution is 6.17. The highest BCUT2D eigenvalue weighted by atomic mass is 35.5. The van der Waals surface area contributed by atoms with Crippen LogP contribution in [-0.2, 0) is 5.88 Å². The zero-order valence-corrected chi connectivity index (χ0v) is 12.0. The number of ether oxygens (including phenoxy) is 2. The Hall–Kier alpha value is -1.74. The molecule has 0 unspecified atom stereocenters. The van der Waals surface area contributed by atoms with Gasteiger partial charge in [0.1, 0.15) is 23.1 Å². The van der Waals surface area contributed by atoms with Crippen molar-refractivity contribution in [2.24, 2.45) is 0 Å². The fraction of sp³-hybridized carbons (Fsp3) is 0.250. The summed E-state index contributed by atoms with van der Waals surface area (Å²) in [4.78, 5) is 0. The summed E-state index contributed by atoms with van der Waals surface area (Å²) in [6.07, 6.45) is 0.961. The van der Waals surface area contributed by atoms with E-state index < -0.39 is 0 Å². The topological polar surface area (TPSA) is 18.5 Å². The first kappa shape index (κ1) is 14.7. The van der Waals surface area contributed by atoms with Gasteiger partial charge in [0, 0.05) is 11.9 Å². The van der Waals surface area contributed by atoms with Gasteiger partial charge in [-0.15, -0.1) is 11.6 Å². The number of hydrogen-bond donors (Lipinski definition) is 0. The quantitative estimate of drug-likeness (QED) is 0.686. The van der Waals surface area contributed by atoms with Gasteiger partial charge in [0.25, 0.3) is 0 Å². The molecule has 0 bridgehead atoms. The lowest BCUT2D eigenvalue weighted by Crippen LogP contribution is -1.94. The first-order valence-electron chi connectivity index (χ1n) is 6.47. The monoisotopic (exact) mass is 294 g/mol. The van der Waals surface area contributed by atoms with Gasteiger partial charge in [0.15, 0.2) is 0 Å². The van der Waals surface area contributed by atoms with Crippen LogP contribution in [0, 0.1) is 5.82 Å². The van der Waals surface area contributed by atoms with Crippen LogP contribution >= 0.6 is 11.6 Å². The molecular formula is C16H16ClFO2. The van der Waals surface area contributed by atoms with Crippen molar-refractivity contribution in [3.05, 3.63) is 53.8 Å². The van der Waals surface area contributed by atoms with Crippen molar-refractivity contribution in [2.45, 2.75) is 19.2 Å². The van der Waals surface area contributed by atoms with Gasteiger partial charge in [-0.25, -0.2) is 4.39 Å². The van der Waals surface area contributed by atoms with E-state index in [0.29, 0.717) is 23.7 Å². The minimum Gasteiger partial charge on any atom is -0.494 e. The first-order chi connectivity index (χ1) is 9.71. The molecule has 2 aromatic carbocycles. The Bertz CT molecular complexity index is 555. The van der Waals surface area contributed by atoms with Gasteiger partial charge in [0.2, 0.25) is 0 Å². The lowest BCUT2D eigenvalue weighted by Gasteiger charge is -2.09. The summed E-state index contributed by atoms with van der Waals surface area (Å²) < 4.78 is 24.5. The summed E-state index contributed by atoms with van der Waals surface area (Å²) >= 11 is 5.70. The van der Waals surface area contributed by atoms with Crippen LogP contribution in [0.25, 0.3) is 0 Å². The molecule has 4 heteroatoms. The molecule has 20 heavy (non-hydrogen) atoms. The van der Waals surface area contributed by atoms with Crippen LogP contribution in [0.15, 0.2) is 42.5 Å². The van der Waals surface area contributed by atoms with Gasteiger partial charge in [0.05, 0.1) is 6.61 Å². The molecule has 0 radical (unpaired) electrons. The number of alkyl halides is 1. The predicted molar refractivity (Wildman–Crippen MR) is 78.3 cm³/mol. The Labute approximate surface area is 123 Å². The molecule has 0 saturated carbocycles. The largest absolute Gasteiger partial charge is 0.494 e. The van der Waals surface area contributed by atoms with Crippen LogP contribution in [0.5, 0.6) is 17.2 Å². The van der Waals surface area contributed by atoms with Gasteiger partial charge >= 0.3 is 0 Å². The molecule has 0 saturated heterocycles. The molecule has 0 atom stereocenters. The highest BCUT2D eigenvalue weighted by Crippen LogP contribution is 2.26. The van der Waals surface area contributed by atoms with E-state index in [9.17, 15) is 4.39 Å². The summed E-state index contributed by atoms with van der Waals surface area (Å²) in [6.45, 7) is 2.74. The number of hydrogen-bond acceptors (Lipinski definition) is 2. The van der Waals surface area contributed by atoms with Crippen molar-refractivity contribution in [3.8, 4) is 17.2 Å². The molecule has 106 valence electrons. The van der Waals surface area contributed by atoms with Crippen molar-refractivity contribution in [1.29, 1.82) is 0 Å². The molecule has 0 aliphatic carbocycles. The average molecular weight is 295 g/mol. The SMILES string of the molecule is CCCOc1ccc(Oc2cc(F)cc(CCl)c2)cc1. The zero-order valence-electron chi connectivity index (χ0n) is 11.2. The van der Waals surface area contributed by atoms with Crippen LogP contribution in [0.1, 0.15) is 18.9 Å². The maximum absolute atomic E-state index is 13.4. The lowest BCUT2D eigenvalue weighted by atomic mass is 10.2. The van der Waals surface area contributed by atoms with Crippen molar-refractivity contribution in [3.63, 3.8) is 0 Å². The summed E-state index contributed by atoms with van der Waals surface area (Å²) in [5.41, 5.74) is 0.685. The molecule has 2 rings (SSSR count). The van der Waals surface area contributed by atoms with Crippen LogP contribution in [-0.4, -0.2) is 6.61 Å². The molecule has 0 aromatic heterocycles. The van der Waals surface area contributed by atoms with Crippen molar-refractivity contribution in [1.82, 2.24) is 0 Å². The molecule has 0 aliphatic heterocycles. The Balaban J connectivity index is 2.07. The summed E-state index contributed by atoms with van der Waals surface area (Å²) in [5.74, 6) is 1.74. The molecule has 0 N–H and O–H groups in total. The van der Waals surface area contributed by atoms with E-state index in [1.807, 2.05) is 12.1 Å². The second kappa shape index (κ2) is 7.15. The Morgan fingerprint density at radius 2 is 1.70 bits per heavy atom. The Kier molecular flexibility index (Phi) is 5.24. The molecule has 0 fully saturated rings. The maximum atomic E-state index is 13.4.